The Morgan fingerprint density at radius 1 is 0.758 bits per heavy atom. The van der Waals surface area contributed by atoms with Gasteiger partial charge in [0.2, 0.25) is 0 Å². The Morgan fingerprint density at radius 3 is 2.03 bits per heavy atom. The van der Waals surface area contributed by atoms with E-state index in [9.17, 15) is 14.0 Å². The largest absolute Gasteiger partial charge is 0.497 e. The highest BCUT2D eigenvalue weighted by molar-refractivity contribution is 8.20. The molecule has 1 aliphatic rings. The number of allylic oxidation sites excluding steroid dienone is 3. The Morgan fingerprint density at radius 2 is 1.42 bits per heavy atom. The van der Waals surface area contributed by atoms with Crippen LogP contribution in [0.5, 0.6) is 5.75 Å². The number of halogens is 3. The van der Waals surface area contributed by atoms with Crippen LogP contribution in [0.4, 0.5) is 0 Å². The third-order valence-electron chi connectivity index (χ3n) is 4.80. The molecule has 0 saturated heterocycles. The molecule has 0 saturated carbocycles. The van der Waals surface area contributed by atoms with E-state index in [1.54, 1.807) is 31.4 Å². The summed E-state index contributed by atoms with van der Waals surface area (Å²) in [6, 6.07) is 21.5. The van der Waals surface area contributed by atoms with Crippen molar-refractivity contribution >= 4 is 49.3 Å². The minimum Gasteiger partial charge on any atom is -0.497 e. The van der Waals surface area contributed by atoms with Crippen molar-refractivity contribution in [3.8, 4) is 5.75 Å². The fourth-order valence-electron chi connectivity index (χ4n) is 3.28. The Bertz CT molecular complexity index is 1260. The van der Waals surface area contributed by atoms with Gasteiger partial charge in [-0.05, 0) is 58.7 Å². The molecule has 3 aromatic carbocycles. The first kappa shape index (κ1) is 24.0. The van der Waals surface area contributed by atoms with E-state index in [4.69, 9.17) is 31.7 Å². The summed E-state index contributed by atoms with van der Waals surface area (Å²) in [7, 11) is -4.67. The standard InChI is InChI=1S/C24H17Cl3O5S/c1-31-20-10-7-16(8-11-20)19-14-23(17-5-3-2-4-6-17)33(32-27(28,29)30)24(15-19)18-9-12-21(25)22(26)13-18/h2-15H,1H3. The van der Waals surface area contributed by atoms with E-state index < -0.39 is 21.0 Å². The zero-order valence-electron chi connectivity index (χ0n) is 17.2. The van der Waals surface area contributed by atoms with Crippen molar-refractivity contribution in [2.45, 2.75) is 0 Å². The van der Waals surface area contributed by atoms with Crippen LogP contribution in [-0.2, 0) is 3.74 Å². The number of ether oxygens (including phenoxy) is 1. The third-order valence-corrected chi connectivity index (χ3v) is 8.16. The van der Waals surface area contributed by atoms with Gasteiger partial charge in [-0.3, -0.25) is 0 Å². The second-order valence-corrected chi connectivity index (χ2v) is 10.4. The summed E-state index contributed by atoms with van der Waals surface area (Å²) < 4.78 is 45.3. The van der Waals surface area contributed by atoms with E-state index in [2.05, 4.69) is 0 Å². The van der Waals surface area contributed by atoms with Crippen molar-refractivity contribution in [1.29, 1.82) is 0 Å². The second kappa shape index (κ2) is 10.0. The molecule has 33 heavy (non-hydrogen) atoms. The predicted octanol–water partition coefficient (Wildman–Crippen LogP) is 3.76. The van der Waals surface area contributed by atoms with Gasteiger partial charge in [0, 0.05) is 0 Å². The molecule has 5 nitrogen and oxygen atoms in total. The lowest BCUT2D eigenvalue weighted by atomic mass is 10.0. The molecule has 0 amide bonds. The van der Waals surface area contributed by atoms with Crippen molar-refractivity contribution in [3.63, 3.8) is 0 Å². The maximum absolute atomic E-state index is 11.7. The molecule has 0 aromatic heterocycles. The molecule has 0 bridgehead atoms. The van der Waals surface area contributed by atoms with Gasteiger partial charge >= 0.3 is 0 Å². The highest BCUT2D eigenvalue weighted by Gasteiger charge is 2.32. The smallest absolute Gasteiger partial charge is 0.148 e. The number of benzene rings is 3. The maximum Gasteiger partial charge on any atom is 0.148 e. The normalized spacial score (nSPS) is 16.3. The molecule has 1 atom stereocenters. The molecule has 0 N–H and O–H groups in total. The summed E-state index contributed by atoms with van der Waals surface area (Å²) in [5.74, 6) is 0.704. The highest BCUT2D eigenvalue weighted by Crippen LogP contribution is 2.45. The molecule has 1 aliphatic heterocycles. The third kappa shape index (κ3) is 5.69. The fraction of sp³-hybridized carbons (Fsp3) is 0.0417. The van der Waals surface area contributed by atoms with E-state index >= 15 is 0 Å². The Kier molecular flexibility index (Phi) is 7.28. The van der Waals surface area contributed by atoms with Gasteiger partial charge in [-0.1, -0.05) is 71.7 Å². The average Bonchev–Trinajstić information content (AvgIpc) is 2.81. The molecule has 0 radical (unpaired) electrons. The molecule has 0 fully saturated rings. The van der Waals surface area contributed by atoms with Crippen LogP contribution in [0.3, 0.4) is 0 Å². The Balaban J connectivity index is 1.98. The van der Waals surface area contributed by atoms with E-state index in [0.717, 1.165) is 16.7 Å². The summed E-state index contributed by atoms with van der Waals surface area (Å²) in [5.41, 5.74) is 2.97. The monoisotopic (exact) mass is 522 g/mol. The first-order valence-corrected chi connectivity index (χ1v) is 12.7. The van der Waals surface area contributed by atoms with Crippen LogP contribution in [0, 0.1) is 10.2 Å². The lowest BCUT2D eigenvalue weighted by molar-refractivity contribution is -1.91. The van der Waals surface area contributed by atoms with Crippen LogP contribution < -0.4 is 18.7 Å². The van der Waals surface area contributed by atoms with Crippen molar-refractivity contribution in [3.05, 3.63) is 112 Å². The quantitative estimate of drug-likeness (QED) is 0.459. The number of methoxy groups -OCH3 is 1. The summed E-state index contributed by atoms with van der Waals surface area (Å²) in [5, 5.41) is 0.647. The topological polar surface area (TPSA) is 87.6 Å². The lowest BCUT2D eigenvalue weighted by Gasteiger charge is -2.22. The fourth-order valence-corrected chi connectivity index (χ4v) is 6.13. The van der Waals surface area contributed by atoms with Crippen LogP contribution in [0.1, 0.15) is 16.7 Å². The minimum absolute atomic E-state index is 0.294. The van der Waals surface area contributed by atoms with Crippen molar-refractivity contribution in [1.82, 2.24) is 0 Å². The molecule has 170 valence electrons. The molecule has 0 spiro atoms. The van der Waals surface area contributed by atoms with E-state index in [1.165, 1.54) is 0 Å². The van der Waals surface area contributed by atoms with E-state index in [1.807, 2.05) is 60.7 Å². The maximum atomic E-state index is 11.7. The molecular weight excluding hydrogens is 507 g/mol. The van der Waals surface area contributed by atoms with Gasteiger partial charge in [-0.2, -0.15) is 14.0 Å². The van der Waals surface area contributed by atoms with Crippen molar-refractivity contribution in [2.24, 2.45) is 0 Å². The minimum atomic E-state index is -4.71. The summed E-state index contributed by atoms with van der Waals surface area (Å²) >= 11 is 12.3. The van der Waals surface area contributed by atoms with Gasteiger partial charge in [-0.25, -0.2) is 0 Å². The first-order chi connectivity index (χ1) is 15.7. The molecule has 1 heterocycles. The summed E-state index contributed by atoms with van der Waals surface area (Å²) in [6.07, 6.45) is 3.61. The number of hydrogen-bond acceptors (Lipinski definition) is 5. The van der Waals surface area contributed by atoms with Crippen LogP contribution in [0.25, 0.3) is 10.5 Å². The van der Waals surface area contributed by atoms with Crippen molar-refractivity contribution in [2.75, 3.05) is 7.11 Å². The van der Waals surface area contributed by atoms with E-state index in [0.29, 0.717) is 31.1 Å². The molecule has 0 aliphatic carbocycles. The molecule has 1 unspecified atom stereocenters. The SMILES string of the molecule is COc1ccc(C2=CC(c3ccc(Cl)c(Cl)c3)=S(O[Cl+3]([O-])([O-])[O-])C(c3ccccc3)=C2)cc1. The number of hydrogen-bond donors (Lipinski definition) is 0. The molecular formula is C24H17Cl3O5S. The van der Waals surface area contributed by atoms with Gasteiger partial charge in [0.05, 0.1) is 37.2 Å². The zero-order chi connectivity index (χ0) is 23.6. The van der Waals surface area contributed by atoms with Gasteiger partial charge in [-0.15, -0.1) is 0 Å². The zero-order valence-corrected chi connectivity index (χ0v) is 20.3. The van der Waals surface area contributed by atoms with Crippen LogP contribution in [-0.4, -0.2) is 12.0 Å². The molecule has 9 heteroatoms. The highest BCUT2D eigenvalue weighted by atomic mass is 35.7. The van der Waals surface area contributed by atoms with Gasteiger partial charge in [0.1, 0.15) is 20.3 Å². The van der Waals surface area contributed by atoms with Crippen LogP contribution >= 0.6 is 34.0 Å². The van der Waals surface area contributed by atoms with Gasteiger partial charge in [0.25, 0.3) is 0 Å². The Labute approximate surface area is 206 Å². The van der Waals surface area contributed by atoms with Crippen LogP contribution in [0.2, 0.25) is 10.0 Å². The Hall–Kier alpha value is -2.13. The molecule has 4 rings (SSSR count). The van der Waals surface area contributed by atoms with Crippen LogP contribution in [0.15, 0.2) is 84.9 Å². The summed E-state index contributed by atoms with van der Waals surface area (Å²) in [6.45, 7) is 0. The summed E-state index contributed by atoms with van der Waals surface area (Å²) in [4.78, 5) is 1.02. The lowest BCUT2D eigenvalue weighted by Crippen LogP contribution is -2.60. The van der Waals surface area contributed by atoms with Crippen molar-refractivity contribution < 1.29 is 32.7 Å². The first-order valence-electron chi connectivity index (χ1n) is 9.56. The average molecular weight is 524 g/mol. The van der Waals surface area contributed by atoms with Gasteiger partial charge in [0.15, 0.2) is 0 Å². The predicted molar refractivity (Wildman–Crippen MR) is 125 cm³/mol. The van der Waals surface area contributed by atoms with E-state index in [-0.39, 0.29) is 0 Å². The van der Waals surface area contributed by atoms with Gasteiger partial charge < -0.3 is 4.74 Å². The second-order valence-electron chi connectivity index (χ2n) is 6.91. The number of rotatable bonds is 6. The molecule has 3 aromatic rings.